The second-order valence-electron chi connectivity index (χ2n) is 7.61. The van der Waals surface area contributed by atoms with Crippen LogP contribution in [0.1, 0.15) is 16.0 Å². The molecule has 0 bridgehead atoms. The molecule has 4 aromatic rings. The Bertz CT molecular complexity index is 1120. The molecule has 0 aliphatic heterocycles. The summed E-state index contributed by atoms with van der Waals surface area (Å²) in [7, 11) is 0. The number of rotatable bonds is 11. The van der Waals surface area contributed by atoms with Gasteiger partial charge in [0.15, 0.2) is 0 Å². The Balaban J connectivity index is 1.39. The van der Waals surface area contributed by atoms with E-state index < -0.39 is 6.04 Å². The summed E-state index contributed by atoms with van der Waals surface area (Å²) in [6.45, 7) is 1.24. The number of nitrogens with zero attached hydrogens (tertiary/aromatic N) is 2. The summed E-state index contributed by atoms with van der Waals surface area (Å²) in [6, 6.07) is 25.6. The maximum atomic E-state index is 13.0. The fourth-order valence-electron chi connectivity index (χ4n) is 3.44. The first-order valence-electron chi connectivity index (χ1n) is 11.0. The van der Waals surface area contributed by atoms with Crippen molar-refractivity contribution in [1.29, 1.82) is 0 Å². The van der Waals surface area contributed by atoms with Crippen LogP contribution in [0.2, 0.25) is 0 Å². The molecule has 33 heavy (non-hydrogen) atoms. The van der Waals surface area contributed by atoms with Gasteiger partial charge in [0.05, 0.1) is 6.54 Å². The van der Waals surface area contributed by atoms with Gasteiger partial charge in [0.2, 0.25) is 11.9 Å². The van der Waals surface area contributed by atoms with Gasteiger partial charge in [-0.15, -0.1) is 11.3 Å². The molecule has 2 aromatic heterocycles. The van der Waals surface area contributed by atoms with Crippen LogP contribution in [0.15, 0.2) is 90.4 Å². The minimum absolute atomic E-state index is 0.0653. The minimum atomic E-state index is -0.459. The highest BCUT2D eigenvalue weighted by Crippen LogP contribution is 2.13. The van der Waals surface area contributed by atoms with Crippen LogP contribution in [-0.2, 0) is 24.2 Å². The minimum Gasteiger partial charge on any atom is -0.358 e. The number of amides is 1. The fourth-order valence-corrected chi connectivity index (χ4v) is 4.08. The lowest BCUT2D eigenvalue weighted by Gasteiger charge is -2.19. The monoisotopic (exact) mass is 457 g/mol. The summed E-state index contributed by atoms with van der Waals surface area (Å²) in [5.74, 6) is 1.08. The Kier molecular flexibility index (Phi) is 8.03. The predicted molar refractivity (Wildman–Crippen MR) is 134 cm³/mol. The molecule has 0 spiro atoms. The van der Waals surface area contributed by atoms with Crippen molar-refractivity contribution in [2.45, 2.75) is 25.4 Å². The van der Waals surface area contributed by atoms with Crippen LogP contribution in [0.4, 0.5) is 11.8 Å². The summed E-state index contributed by atoms with van der Waals surface area (Å²) in [6.07, 6.45) is 3.13. The molecule has 0 unspecified atom stereocenters. The van der Waals surface area contributed by atoms with E-state index in [0.717, 1.165) is 23.4 Å². The molecule has 7 heteroatoms. The Morgan fingerprint density at radius 2 is 1.67 bits per heavy atom. The van der Waals surface area contributed by atoms with Gasteiger partial charge in [-0.2, -0.15) is 4.98 Å². The van der Waals surface area contributed by atoms with Gasteiger partial charge in [0, 0.05) is 24.0 Å². The lowest BCUT2D eigenvalue weighted by molar-refractivity contribution is -0.122. The smallest absolute Gasteiger partial charge is 0.243 e. The highest BCUT2D eigenvalue weighted by molar-refractivity contribution is 7.09. The molecule has 0 aliphatic carbocycles. The highest BCUT2D eigenvalue weighted by atomic mass is 32.1. The van der Waals surface area contributed by atoms with Gasteiger partial charge >= 0.3 is 0 Å². The van der Waals surface area contributed by atoms with E-state index >= 15 is 0 Å². The molecule has 3 N–H and O–H groups in total. The van der Waals surface area contributed by atoms with Crippen LogP contribution in [-0.4, -0.2) is 28.5 Å². The van der Waals surface area contributed by atoms with Gasteiger partial charge in [0.25, 0.3) is 0 Å². The number of nitrogens with one attached hydrogen (secondary N) is 3. The molecule has 0 fully saturated rings. The van der Waals surface area contributed by atoms with Gasteiger partial charge in [-0.05, 0) is 35.1 Å². The summed E-state index contributed by atoms with van der Waals surface area (Å²) < 4.78 is 0. The Labute approximate surface area is 198 Å². The van der Waals surface area contributed by atoms with E-state index in [2.05, 4.69) is 38.1 Å². The normalized spacial score (nSPS) is 11.5. The van der Waals surface area contributed by atoms with Crippen LogP contribution in [0.25, 0.3) is 0 Å². The van der Waals surface area contributed by atoms with E-state index in [1.807, 2.05) is 66.0 Å². The fraction of sp³-hybridized carbons (Fsp3) is 0.192. The lowest BCUT2D eigenvalue weighted by Crippen LogP contribution is -2.41. The third-order valence-electron chi connectivity index (χ3n) is 5.13. The largest absolute Gasteiger partial charge is 0.358 e. The number of thiophene rings is 1. The zero-order valence-corrected chi connectivity index (χ0v) is 19.1. The molecule has 1 amide bonds. The molecule has 4 rings (SSSR count). The molecular weight excluding hydrogens is 430 g/mol. The summed E-state index contributed by atoms with van der Waals surface area (Å²) in [5.41, 5.74) is 2.33. The number of aromatic nitrogens is 2. The van der Waals surface area contributed by atoms with Crippen LogP contribution >= 0.6 is 11.3 Å². The number of hydrogen-bond acceptors (Lipinski definition) is 6. The Hall–Kier alpha value is -3.71. The van der Waals surface area contributed by atoms with Crippen molar-refractivity contribution in [3.8, 4) is 0 Å². The van der Waals surface area contributed by atoms with Crippen molar-refractivity contribution in [3.05, 3.63) is 106 Å². The molecule has 2 heterocycles. The first-order valence-corrected chi connectivity index (χ1v) is 11.9. The van der Waals surface area contributed by atoms with E-state index in [-0.39, 0.29) is 5.91 Å². The van der Waals surface area contributed by atoms with E-state index in [4.69, 9.17) is 0 Å². The first kappa shape index (κ1) is 22.5. The zero-order chi connectivity index (χ0) is 22.7. The molecular formula is C26H27N5OS. The maximum Gasteiger partial charge on any atom is 0.243 e. The quantitative estimate of drug-likeness (QED) is 0.308. The molecule has 2 aromatic carbocycles. The second-order valence-corrected chi connectivity index (χ2v) is 8.64. The average Bonchev–Trinajstić information content (AvgIpc) is 3.38. The van der Waals surface area contributed by atoms with Crippen molar-refractivity contribution in [2.24, 2.45) is 0 Å². The van der Waals surface area contributed by atoms with E-state index in [9.17, 15) is 4.79 Å². The predicted octanol–water partition coefficient (Wildman–Crippen LogP) is 4.53. The Morgan fingerprint density at radius 3 is 2.39 bits per heavy atom. The Morgan fingerprint density at radius 1 is 0.909 bits per heavy atom. The third-order valence-corrected chi connectivity index (χ3v) is 6.01. The van der Waals surface area contributed by atoms with Crippen molar-refractivity contribution < 1.29 is 4.79 Å². The lowest BCUT2D eigenvalue weighted by atomic mass is 10.1. The number of hydrogen-bond donors (Lipinski definition) is 3. The average molecular weight is 458 g/mol. The van der Waals surface area contributed by atoms with Crippen molar-refractivity contribution >= 4 is 29.0 Å². The number of carbonyl (C=O) groups is 1. The molecule has 0 radical (unpaired) electrons. The second kappa shape index (κ2) is 11.8. The SMILES string of the molecule is O=C(NCc1cccs1)[C@H](Cc1ccccc1)Nc1ccnc(NCCc2ccccc2)n1. The van der Waals surface area contributed by atoms with Crippen molar-refractivity contribution in [1.82, 2.24) is 15.3 Å². The first-order chi connectivity index (χ1) is 16.3. The molecule has 168 valence electrons. The zero-order valence-electron chi connectivity index (χ0n) is 18.3. The van der Waals surface area contributed by atoms with Gasteiger partial charge in [-0.25, -0.2) is 4.98 Å². The van der Waals surface area contributed by atoms with Gasteiger partial charge in [-0.3, -0.25) is 4.79 Å². The van der Waals surface area contributed by atoms with Crippen LogP contribution in [0, 0.1) is 0 Å². The van der Waals surface area contributed by atoms with E-state index in [1.54, 1.807) is 23.6 Å². The van der Waals surface area contributed by atoms with Crippen molar-refractivity contribution in [3.63, 3.8) is 0 Å². The van der Waals surface area contributed by atoms with Crippen molar-refractivity contribution in [2.75, 3.05) is 17.2 Å². The highest BCUT2D eigenvalue weighted by Gasteiger charge is 2.19. The number of benzene rings is 2. The van der Waals surface area contributed by atoms with E-state index in [1.165, 1.54) is 5.56 Å². The van der Waals surface area contributed by atoms with Crippen LogP contribution < -0.4 is 16.0 Å². The molecule has 0 saturated heterocycles. The summed E-state index contributed by atoms with van der Waals surface area (Å²) >= 11 is 1.63. The molecule has 1 atom stereocenters. The number of carbonyl (C=O) groups excluding carboxylic acids is 1. The van der Waals surface area contributed by atoms with E-state index in [0.29, 0.717) is 24.7 Å². The summed E-state index contributed by atoms with van der Waals surface area (Å²) in [4.78, 5) is 23.0. The van der Waals surface area contributed by atoms with Gasteiger partial charge in [-0.1, -0.05) is 66.7 Å². The molecule has 0 saturated carbocycles. The maximum absolute atomic E-state index is 13.0. The third kappa shape index (κ3) is 7.15. The van der Waals surface area contributed by atoms with Crippen LogP contribution in [0.5, 0.6) is 0 Å². The van der Waals surface area contributed by atoms with Gasteiger partial charge in [0.1, 0.15) is 11.9 Å². The standard InChI is InChI=1S/C26H27N5OS/c32-25(29-19-22-12-7-17-33-22)23(18-21-10-5-2-6-11-21)30-24-14-16-28-26(31-24)27-15-13-20-8-3-1-4-9-20/h1-12,14,16-17,23H,13,15,18-19H2,(H,29,32)(H2,27,28,30,31)/t23-/m0/s1. The number of anilines is 2. The summed E-state index contributed by atoms with van der Waals surface area (Å²) in [5, 5.41) is 11.6. The topological polar surface area (TPSA) is 78.9 Å². The van der Waals surface area contributed by atoms with Gasteiger partial charge < -0.3 is 16.0 Å². The van der Waals surface area contributed by atoms with Crippen LogP contribution in [0.3, 0.4) is 0 Å². The molecule has 0 aliphatic rings. The molecule has 6 nitrogen and oxygen atoms in total.